The Balaban J connectivity index is 1.71. The Morgan fingerprint density at radius 1 is 0.958 bits per heavy atom. The largest absolute Gasteiger partial charge is 0.366 e. The van der Waals surface area contributed by atoms with E-state index in [4.69, 9.17) is 11.6 Å². The molecule has 0 aliphatic heterocycles. The molecule has 4 nitrogen and oxygen atoms in total. The van der Waals surface area contributed by atoms with Crippen molar-refractivity contribution in [2.45, 2.75) is 6.54 Å². The van der Waals surface area contributed by atoms with Crippen LogP contribution < -0.4 is 10.6 Å². The van der Waals surface area contributed by atoms with Gasteiger partial charge < -0.3 is 10.6 Å². The van der Waals surface area contributed by atoms with Gasteiger partial charge in [-0.05, 0) is 35.9 Å². The summed E-state index contributed by atoms with van der Waals surface area (Å²) < 4.78 is 27.3. The van der Waals surface area contributed by atoms with Gasteiger partial charge in [-0.2, -0.15) is 4.98 Å². The van der Waals surface area contributed by atoms with Crippen LogP contribution in [0.2, 0.25) is 5.02 Å². The average molecular weight is 347 g/mol. The van der Waals surface area contributed by atoms with Crippen molar-refractivity contribution in [3.05, 3.63) is 76.9 Å². The quantitative estimate of drug-likeness (QED) is 0.699. The third-order valence-corrected chi connectivity index (χ3v) is 3.49. The molecule has 3 rings (SSSR count). The predicted octanol–water partition coefficient (Wildman–Crippen LogP) is 4.76. The van der Waals surface area contributed by atoms with Gasteiger partial charge in [0.15, 0.2) is 0 Å². The summed E-state index contributed by atoms with van der Waals surface area (Å²) in [5.41, 5.74) is 0.736. The van der Waals surface area contributed by atoms with Crippen LogP contribution in [0.5, 0.6) is 0 Å². The van der Waals surface area contributed by atoms with E-state index < -0.39 is 11.6 Å². The van der Waals surface area contributed by atoms with Gasteiger partial charge in [0.05, 0.1) is 0 Å². The molecule has 0 bridgehead atoms. The smallest absolute Gasteiger partial charge is 0.229 e. The topological polar surface area (TPSA) is 49.8 Å². The second-order valence-electron chi connectivity index (χ2n) is 4.97. The molecular formula is C17H13ClF2N4. The summed E-state index contributed by atoms with van der Waals surface area (Å²) in [6.45, 7) is 0.529. The van der Waals surface area contributed by atoms with Crippen LogP contribution in [-0.4, -0.2) is 9.97 Å². The van der Waals surface area contributed by atoms with Crippen molar-refractivity contribution >= 4 is 29.1 Å². The van der Waals surface area contributed by atoms with Gasteiger partial charge in [-0.1, -0.05) is 29.8 Å². The molecule has 1 aromatic heterocycles. The van der Waals surface area contributed by atoms with E-state index in [1.807, 2.05) is 12.1 Å². The van der Waals surface area contributed by atoms with E-state index in [2.05, 4.69) is 20.6 Å². The van der Waals surface area contributed by atoms with Crippen molar-refractivity contribution in [1.82, 2.24) is 9.97 Å². The molecule has 1 heterocycles. The summed E-state index contributed by atoms with van der Waals surface area (Å²) in [6.07, 6.45) is 1.50. The molecule has 0 amide bonds. The third-order valence-electron chi connectivity index (χ3n) is 3.24. The summed E-state index contributed by atoms with van der Waals surface area (Å²) in [7, 11) is 0. The zero-order valence-electron chi connectivity index (χ0n) is 12.4. The highest BCUT2D eigenvalue weighted by Crippen LogP contribution is 2.21. The maximum atomic E-state index is 13.7. The second-order valence-corrected chi connectivity index (χ2v) is 5.40. The lowest BCUT2D eigenvalue weighted by Crippen LogP contribution is -2.05. The average Bonchev–Trinajstić information content (AvgIpc) is 2.58. The lowest BCUT2D eigenvalue weighted by Gasteiger charge is -2.09. The highest BCUT2D eigenvalue weighted by Gasteiger charge is 2.10. The fourth-order valence-electron chi connectivity index (χ4n) is 2.04. The number of nitrogens with zero attached hydrogens (tertiary/aromatic N) is 2. The number of rotatable bonds is 5. The summed E-state index contributed by atoms with van der Waals surface area (Å²) in [4.78, 5) is 8.16. The van der Waals surface area contributed by atoms with Crippen molar-refractivity contribution < 1.29 is 8.78 Å². The lowest BCUT2D eigenvalue weighted by atomic mass is 10.2. The van der Waals surface area contributed by atoms with Gasteiger partial charge in [-0.25, -0.2) is 13.8 Å². The zero-order valence-corrected chi connectivity index (χ0v) is 13.2. The highest BCUT2D eigenvalue weighted by molar-refractivity contribution is 6.30. The second kappa shape index (κ2) is 7.23. The van der Waals surface area contributed by atoms with Crippen LogP contribution in [-0.2, 0) is 6.54 Å². The number of hydrogen-bond donors (Lipinski definition) is 2. The van der Waals surface area contributed by atoms with Crippen LogP contribution in [0.4, 0.5) is 26.2 Å². The standard InChI is InChI=1S/C17H13ClF2N4/c18-12-6-4-11(5-7-12)10-22-15-8-9-21-17(23-15)24-16-13(19)2-1-3-14(16)20/h1-9H,10H2,(H2,21,22,23,24). The molecule has 24 heavy (non-hydrogen) atoms. The van der Waals surface area contributed by atoms with E-state index in [1.165, 1.54) is 12.3 Å². The van der Waals surface area contributed by atoms with Gasteiger partial charge in [0.25, 0.3) is 0 Å². The molecule has 0 fully saturated rings. The van der Waals surface area contributed by atoms with E-state index in [0.29, 0.717) is 17.4 Å². The summed E-state index contributed by atoms with van der Waals surface area (Å²) >= 11 is 5.84. The normalized spacial score (nSPS) is 10.5. The number of nitrogens with one attached hydrogen (secondary N) is 2. The van der Waals surface area contributed by atoms with Gasteiger partial charge in [0, 0.05) is 17.8 Å². The lowest BCUT2D eigenvalue weighted by molar-refractivity contribution is 0.590. The van der Waals surface area contributed by atoms with Gasteiger partial charge in [-0.3, -0.25) is 0 Å². The van der Waals surface area contributed by atoms with Crippen LogP contribution in [0.1, 0.15) is 5.56 Å². The molecule has 122 valence electrons. The number of anilines is 3. The van der Waals surface area contributed by atoms with E-state index in [0.717, 1.165) is 17.7 Å². The Kier molecular flexibility index (Phi) is 4.86. The Morgan fingerprint density at radius 2 is 1.67 bits per heavy atom. The molecule has 7 heteroatoms. The monoisotopic (exact) mass is 346 g/mol. The molecule has 0 radical (unpaired) electrons. The Bertz CT molecular complexity index is 820. The van der Waals surface area contributed by atoms with Crippen molar-refractivity contribution in [2.24, 2.45) is 0 Å². The van der Waals surface area contributed by atoms with Crippen LogP contribution in [0.3, 0.4) is 0 Å². The fourth-order valence-corrected chi connectivity index (χ4v) is 2.17. The van der Waals surface area contributed by atoms with Crippen molar-refractivity contribution in [2.75, 3.05) is 10.6 Å². The molecule has 0 aliphatic carbocycles. The minimum Gasteiger partial charge on any atom is -0.366 e. The first-order valence-corrected chi connectivity index (χ1v) is 7.52. The Hall–Kier alpha value is -2.73. The van der Waals surface area contributed by atoms with E-state index in [9.17, 15) is 8.78 Å². The number of benzene rings is 2. The molecule has 0 atom stereocenters. The van der Waals surface area contributed by atoms with E-state index >= 15 is 0 Å². The molecule has 0 saturated carbocycles. The Morgan fingerprint density at radius 3 is 2.38 bits per heavy atom. The first kappa shape index (κ1) is 16.1. The number of para-hydroxylation sites is 1. The number of hydrogen-bond acceptors (Lipinski definition) is 4. The number of aromatic nitrogens is 2. The fraction of sp³-hybridized carbons (Fsp3) is 0.0588. The maximum Gasteiger partial charge on any atom is 0.229 e. The van der Waals surface area contributed by atoms with Crippen LogP contribution >= 0.6 is 11.6 Å². The van der Waals surface area contributed by atoms with Gasteiger partial charge in [0.1, 0.15) is 23.1 Å². The molecule has 0 unspecified atom stereocenters. The third kappa shape index (κ3) is 3.97. The minimum atomic E-state index is -0.710. The molecule has 0 saturated heterocycles. The molecular weight excluding hydrogens is 334 g/mol. The van der Waals surface area contributed by atoms with E-state index in [-0.39, 0.29) is 11.6 Å². The molecule has 3 aromatic rings. The van der Waals surface area contributed by atoms with Gasteiger partial charge in [0.2, 0.25) is 5.95 Å². The van der Waals surface area contributed by atoms with Crippen molar-refractivity contribution in [3.8, 4) is 0 Å². The summed E-state index contributed by atoms with van der Waals surface area (Å²) in [5, 5.41) is 6.34. The van der Waals surface area contributed by atoms with Crippen molar-refractivity contribution in [1.29, 1.82) is 0 Å². The summed E-state index contributed by atoms with van der Waals surface area (Å²) in [5.74, 6) is -0.796. The van der Waals surface area contributed by atoms with Crippen LogP contribution in [0, 0.1) is 11.6 Å². The van der Waals surface area contributed by atoms with Gasteiger partial charge >= 0.3 is 0 Å². The van der Waals surface area contributed by atoms with E-state index in [1.54, 1.807) is 18.2 Å². The minimum absolute atomic E-state index is 0.0973. The first-order chi connectivity index (χ1) is 11.6. The zero-order chi connectivity index (χ0) is 16.9. The predicted molar refractivity (Wildman–Crippen MR) is 90.5 cm³/mol. The first-order valence-electron chi connectivity index (χ1n) is 7.14. The Labute approximate surface area is 142 Å². The van der Waals surface area contributed by atoms with Crippen molar-refractivity contribution in [3.63, 3.8) is 0 Å². The molecule has 0 aliphatic rings. The molecule has 2 N–H and O–H groups in total. The van der Waals surface area contributed by atoms with Crippen LogP contribution in [0.15, 0.2) is 54.7 Å². The van der Waals surface area contributed by atoms with Gasteiger partial charge in [-0.15, -0.1) is 0 Å². The molecule has 0 spiro atoms. The molecule has 2 aromatic carbocycles. The summed E-state index contributed by atoms with van der Waals surface area (Å²) in [6, 6.07) is 12.7. The highest BCUT2D eigenvalue weighted by atomic mass is 35.5. The SMILES string of the molecule is Fc1cccc(F)c1Nc1nccc(NCc2ccc(Cl)cc2)n1. The maximum absolute atomic E-state index is 13.7. The number of halogens is 3. The van der Waals surface area contributed by atoms with Crippen LogP contribution in [0.25, 0.3) is 0 Å².